The van der Waals surface area contributed by atoms with E-state index in [-0.39, 0.29) is 5.82 Å². The topological polar surface area (TPSA) is 50.7 Å². The van der Waals surface area contributed by atoms with Crippen molar-refractivity contribution in [2.45, 2.75) is 6.42 Å². The van der Waals surface area contributed by atoms with Crippen LogP contribution in [-0.2, 0) is 6.42 Å². The van der Waals surface area contributed by atoms with Gasteiger partial charge in [0.15, 0.2) is 5.82 Å². The summed E-state index contributed by atoms with van der Waals surface area (Å²) in [5, 5.41) is 3.85. The molecule has 1 aromatic carbocycles. The maximum Gasteiger partial charge on any atom is 0.163 e. The molecule has 3 aromatic rings. The summed E-state index contributed by atoms with van der Waals surface area (Å²) in [7, 11) is 0. The van der Waals surface area contributed by atoms with Crippen molar-refractivity contribution in [3.8, 4) is 11.4 Å². The van der Waals surface area contributed by atoms with Crippen LogP contribution in [0.25, 0.3) is 17.5 Å². The molecule has 128 valence electrons. The molecule has 1 aliphatic rings. The van der Waals surface area contributed by atoms with Gasteiger partial charge in [-0.05, 0) is 48.6 Å². The third-order valence-electron chi connectivity index (χ3n) is 3.92. The van der Waals surface area contributed by atoms with Crippen LogP contribution in [0.15, 0.2) is 66.0 Å². The molecule has 0 spiro atoms. The lowest BCUT2D eigenvalue weighted by Gasteiger charge is -2.14. The van der Waals surface area contributed by atoms with Crippen LogP contribution in [-0.4, -0.2) is 15.0 Å². The fourth-order valence-corrected chi connectivity index (χ4v) is 2.88. The smallest absolute Gasteiger partial charge is 0.163 e. The van der Waals surface area contributed by atoms with Gasteiger partial charge in [-0.3, -0.25) is 4.98 Å². The highest BCUT2D eigenvalue weighted by Crippen LogP contribution is 2.30. The molecule has 26 heavy (non-hydrogen) atoms. The summed E-state index contributed by atoms with van der Waals surface area (Å²) in [5.41, 5.74) is 3.22. The van der Waals surface area contributed by atoms with E-state index in [0.29, 0.717) is 23.1 Å². The molecule has 1 N–H and O–H groups in total. The Balaban J connectivity index is 1.84. The number of hydrogen-bond donors (Lipinski definition) is 1. The average Bonchev–Trinajstić information content (AvgIpc) is 2.85. The van der Waals surface area contributed by atoms with Crippen molar-refractivity contribution in [1.29, 1.82) is 0 Å². The fourth-order valence-electron chi connectivity index (χ4n) is 2.68. The van der Waals surface area contributed by atoms with E-state index in [2.05, 4.69) is 20.3 Å². The van der Waals surface area contributed by atoms with Crippen LogP contribution in [0.3, 0.4) is 0 Å². The van der Waals surface area contributed by atoms with Gasteiger partial charge in [0.2, 0.25) is 0 Å². The van der Waals surface area contributed by atoms with Crippen molar-refractivity contribution in [2.75, 3.05) is 5.32 Å². The highest BCUT2D eigenvalue weighted by molar-refractivity contribution is 6.33. The monoisotopic (exact) mass is 364 g/mol. The molecule has 0 aliphatic heterocycles. The molecule has 0 unspecified atom stereocenters. The lowest BCUT2D eigenvalue weighted by atomic mass is 10.1. The first-order valence-corrected chi connectivity index (χ1v) is 8.44. The zero-order valence-electron chi connectivity index (χ0n) is 13.7. The Labute approximate surface area is 155 Å². The summed E-state index contributed by atoms with van der Waals surface area (Å²) < 4.78 is 13.2. The zero-order valence-corrected chi connectivity index (χ0v) is 14.4. The predicted octanol–water partition coefficient (Wildman–Crippen LogP) is 5.11. The molecular formula is C20H14ClFN4. The second kappa shape index (κ2) is 7.06. The van der Waals surface area contributed by atoms with Gasteiger partial charge in [0.05, 0.1) is 5.69 Å². The molecule has 1 aliphatic carbocycles. The van der Waals surface area contributed by atoms with Crippen LogP contribution in [0.5, 0.6) is 0 Å². The Morgan fingerprint density at radius 1 is 1.08 bits per heavy atom. The van der Waals surface area contributed by atoms with Gasteiger partial charge in [0.25, 0.3) is 0 Å². The van der Waals surface area contributed by atoms with Gasteiger partial charge in [0, 0.05) is 40.7 Å². The van der Waals surface area contributed by atoms with E-state index in [9.17, 15) is 4.39 Å². The Morgan fingerprint density at radius 2 is 1.92 bits per heavy atom. The van der Waals surface area contributed by atoms with Crippen LogP contribution in [0, 0.1) is 5.82 Å². The minimum absolute atomic E-state index is 0.291. The molecule has 0 bridgehead atoms. The third kappa shape index (κ3) is 3.48. The number of hydrogen-bond acceptors (Lipinski definition) is 4. The molecule has 0 atom stereocenters. The maximum absolute atomic E-state index is 13.2. The number of halogens is 2. The van der Waals surface area contributed by atoms with E-state index >= 15 is 0 Å². The number of pyridine rings is 1. The Bertz CT molecular complexity index is 998. The maximum atomic E-state index is 13.2. The van der Waals surface area contributed by atoms with Crippen LogP contribution in [0.1, 0.15) is 11.3 Å². The Morgan fingerprint density at radius 3 is 2.69 bits per heavy atom. The van der Waals surface area contributed by atoms with Crippen LogP contribution in [0.4, 0.5) is 15.9 Å². The summed E-state index contributed by atoms with van der Waals surface area (Å²) >= 11 is 6.23. The molecule has 0 radical (unpaired) electrons. The zero-order chi connectivity index (χ0) is 17.9. The van der Waals surface area contributed by atoms with Crippen LogP contribution < -0.4 is 5.32 Å². The van der Waals surface area contributed by atoms with Crippen LogP contribution >= 0.6 is 11.6 Å². The standard InChI is InChI=1S/C20H14ClFN4/c21-14-4-1-5-18-17(11-14)20(24-16-8-6-15(22)7-9-16)26-19(25-18)13-3-2-10-23-12-13/h1-4,6-12H,5H2,(H,24,25,26). The van der Waals surface area contributed by atoms with Gasteiger partial charge < -0.3 is 5.32 Å². The highest BCUT2D eigenvalue weighted by Gasteiger charge is 2.16. The van der Waals surface area contributed by atoms with Gasteiger partial charge in [-0.15, -0.1) is 0 Å². The number of allylic oxidation sites excluding steroid dienone is 3. The number of anilines is 2. The van der Waals surface area contributed by atoms with E-state index in [1.165, 1.54) is 12.1 Å². The first-order valence-electron chi connectivity index (χ1n) is 8.07. The second-order valence-electron chi connectivity index (χ2n) is 5.77. The largest absolute Gasteiger partial charge is 0.340 e. The van der Waals surface area contributed by atoms with Gasteiger partial charge in [-0.1, -0.05) is 17.7 Å². The number of fused-ring (bicyclic) bond motifs is 1. The van der Waals surface area contributed by atoms with E-state index in [0.717, 1.165) is 22.5 Å². The molecule has 2 aromatic heterocycles. The van der Waals surface area contributed by atoms with Gasteiger partial charge in [0.1, 0.15) is 11.6 Å². The minimum Gasteiger partial charge on any atom is -0.340 e. The van der Waals surface area contributed by atoms with E-state index in [1.807, 2.05) is 30.4 Å². The van der Waals surface area contributed by atoms with Crippen molar-refractivity contribution < 1.29 is 4.39 Å². The highest BCUT2D eigenvalue weighted by atomic mass is 35.5. The molecule has 6 heteroatoms. The molecular weight excluding hydrogens is 351 g/mol. The van der Waals surface area contributed by atoms with Crippen molar-refractivity contribution >= 4 is 29.2 Å². The van der Waals surface area contributed by atoms with Crippen molar-refractivity contribution in [3.63, 3.8) is 0 Å². The summed E-state index contributed by atoms with van der Waals surface area (Å²) in [6.07, 6.45) is 9.70. The van der Waals surface area contributed by atoms with Crippen molar-refractivity contribution in [1.82, 2.24) is 15.0 Å². The SMILES string of the molecule is Fc1ccc(Nc2nc(-c3cccnc3)nc3c2C=C(Cl)C=CC3)cc1. The van der Waals surface area contributed by atoms with Gasteiger partial charge >= 0.3 is 0 Å². The van der Waals surface area contributed by atoms with E-state index in [4.69, 9.17) is 11.6 Å². The summed E-state index contributed by atoms with van der Waals surface area (Å²) in [6.45, 7) is 0. The fraction of sp³-hybridized carbons (Fsp3) is 0.0500. The minimum atomic E-state index is -0.291. The number of aromatic nitrogens is 3. The molecule has 4 nitrogen and oxygen atoms in total. The average molecular weight is 365 g/mol. The molecule has 0 amide bonds. The van der Waals surface area contributed by atoms with Crippen LogP contribution in [0.2, 0.25) is 0 Å². The molecule has 4 rings (SSSR count). The molecule has 0 saturated carbocycles. The molecule has 0 saturated heterocycles. The van der Waals surface area contributed by atoms with Crippen molar-refractivity contribution in [3.05, 3.63) is 83.1 Å². The third-order valence-corrected chi connectivity index (χ3v) is 4.16. The summed E-state index contributed by atoms with van der Waals surface area (Å²) in [5.74, 6) is 0.892. The van der Waals surface area contributed by atoms with Gasteiger partial charge in [-0.2, -0.15) is 0 Å². The lowest BCUT2D eigenvalue weighted by molar-refractivity contribution is 0.628. The number of benzene rings is 1. The first-order chi connectivity index (χ1) is 12.7. The number of nitrogens with one attached hydrogen (secondary N) is 1. The summed E-state index contributed by atoms with van der Waals surface area (Å²) in [4.78, 5) is 13.5. The predicted molar refractivity (Wildman–Crippen MR) is 102 cm³/mol. The Hall–Kier alpha value is -3.05. The second-order valence-corrected chi connectivity index (χ2v) is 6.20. The van der Waals surface area contributed by atoms with E-state index in [1.54, 1.807) is 24.5 Å². The quantitative estimate of drug-likeness (QED) is 0.701. The normalized spacial score (nSPS) is 12.9. The summed E-state index contributed by atoms with van der Waals surface area (Å²) in [6, 6.07) is 9.87. The Kier molecular flexibility index (Phi) is 4.46. The van der Waals surface area contributed by atoms with Crippen molar-refractivity contribution in [2.24, 2.45) is 0 Å². The number of rotatable bonds is 3. The molecule has 0 fully saturated rings. The molecule has 2 heterocycles. The van der Waals surface area contributed by atoms with Gasteiger partial charge in [-0.25, -0.2) is 14.4 Å². The number of nitrogens with zero attached hydrogens (tertiary/aromatic N) is 3. The first kappa shape index (κ1) is 16.4. The van der Waals surface area contributed by atoms with E-state index < -0.39 is 0 Å². The lowest BCUT2D eigenvalue weighted by Crippen LogP contribution is -2.05.